The van der Waals surface area contributed by atoms with Gasteiger partial charge in [-0.2, -0.15) is 13.2 Å². The van der Waals surface area contributed by atoms with Gasteiger partial charge in [-0.15, -0.1) is 0 Å². The molecule has 0 unspecified atom stereocenters. The molecule has 0 heterocycles. The van der Waals surface area contributed by atoms with Crippen molar-refractivity contribution >= 4 is 18.0 Å². The van der Waals surface area contributed by atoms with Gasteiger partial charge in [0, 0.05) is 11.5 Å². The van der Waals surface area contributed by atoms with Gasteiger partial charge in [0.15, 0.2) is 11.5 Å². The lowest BCUT2D eigenvalue weighted by atomic mass is 9.33. The van der Waals surface area contributed by atoms with Gasteiger partial charge >= 0.3 is 18.1 Å². The first-order valence-electron chi connectivity index (χ1n) is 21.8. The number of carbonyl (C=O) groups is 2. The summed E-state index contributed by atoms with van der Waals surface area (Å²) in [4.78, 5) is 27.3. The average Bonchev–Trinajstić information content (AvgIpc) is 3.20. The monoisotopic (exact) mass is 834 g/mol. The molecule has 5 aliphatic rings. The standard InChI is InChI=1S/C50H65F3O7/c1-44(2)38-19-22-49(7)39(47(38,5)21-20-40(44)60-41(54)18-13-32-27-36(56-8)42(58-10)37(28-32)57-9)17-16-34-35-29-46(4,24-23-45(35,3)25-26-48(34,49)6)43(55)59-30-31-11-14-33(15-12-31)50(51,52)53/h11-16,18,27-28,35,38-40H,17,19-26,29-30H2,1-10H3/b18-13+/t35-,38-,39+,40-,45+,46-,47-,48+,49+/m0/s1. The molecule has 7 nitrogen and oxygen atoms in total. The van der Waals surface area contributed by atoms with E-state index in [0.717, 1.165) is 75.5 Å². The van der Waals surface area contributed by atoms with E-state index in [1.807, 2.05) is 6.92 Å². The molecule has 10 heteroatoms. The van der Waals surface area contributed by atoms with Crippen molar-refractivity contribution in [2.24, 2.45) is 50.2 Å². The van der Waals surface area contributed by atoms with Gasteiger partial charge in [-0.3, -0.25) is 4.79 Å². The lowest BCUT2D eigenvalue weighted by molar-refractivity contribution is -0.211. The summed E-state index contributed by atoms with van der Waals surface area (Å²) in [7, 11) is 4.68. The molecule has 5 aliphatic carbocycles. The molecule has 7 rings (SSSR count). The van der Waals surface area contributed by atoms with Gasteiger partial charge < -0.3 is 23.7 Å². The van der Waals surface area contributed by atoms with Crippen LogP contribution in [0.15, 0.2) is 54.1 Å². The van der Waals surface area contributed by atoms with E-state index >= 15 is 0 Å². The Labute approximate surface area is 354 Å². The van der Waals surface area contributed by atoms with Crippen molar-refractivity contribution in [2.75, 3.05) is 21.3 Å². The number of hydrogen-bond acceptors (Lipinski definition) is 7. The maximum absolute atomic E-state index is 13.9. The molecule has 9 atom stereocenters. The summed E-state index contributed by atoms with van der Waals surface area (Å²) < 4.78 is 68.0. The van der Waals surface area contributed by atoms with E-state index in [2.05, 4.69) is 47.6 Å². The number of hydrogen-bond donors (Lipinski definition) is 0. The van der Waals surface area contributed by atoms with Gasteiger partial charge in [-0.05, 0) is 152 Å². The predicted octanol–water partition coefficient (Wildman–Crippen LogP) is 12.2. The highest BCUT2D eigenvalue weighted by Crippen LogP contribution is 2.76. The van der Waals surface area contributed by atoms with E-state index in [0.29, 0.717) is 41.1 Å². The van der Waals surface area contributed by atoms with Gasteiger partial charge in [0.2, 0.25) is 5.75 Å². The molecule has 0 radical (unpaired) electrons. The number of esters is 2. The predicted molar refractivity (Wildman–Crippen MR) is 225 cm³/mol. The van der Waals surface area contributed by atoms with Crippen LogP contribution in [-0.4, -0.2) is 39.4 Å². The number of methoxy groups -OCH3 is 3. The molecule has 0 aliphatic heterocycles. The normalized spacial score (nSPS) is 35.8. The van der Waals surface area contributed by atoms with Crippen molar-refractivity contribution in [3.8, 4) is 17.2 Å². The minimum atomic E-state index is -4.41. The molecule has 0 saturated heterocycles. The maximum atomic E-state index is 13.9. The Morgan fingerprint density at radius 3 is 2.07 bits per heavy atom. The first-order valence-corrected chi connectivity index (χ1v) is 21.8. The van der Waals surface area contributed by atoms with Crippen molar-refractivity contribution in [2.45, 2.75) is 132 Å². The van der Waals surface area contributed by atoms with Crippen molar-refractivity contribution in [1.82, 2.24) is 0 Å². The minimum absolute atomic E-state index is 0.0263. The van der Waals surface area contributed by atoms with Crippen LogP contribution >= 0.6 is 0 Å². The molecular formula is C50H65F3O7. The molecule has 4 saturated carbocycles. The Balaban J connectivity index is 1.07. The number of benzene rings is 2. The molecule has 2 aromatic rings. The average molecular weight is 835 g/mol. The summed E-state index contributed by atoms with van der Waals surface area (Å²) in [5, 5.41) is 0. The van der Waals surface area contributed by atoms with Crippen LogP contribution in [0.4, 0.5) is 13.2 Å². The third-order valence-electron chi connectivity index (χ3n) is 17.3. The fourth-order valence-corrected chi connectivity index (χ4v) is 13.4. The molecule has 0 N–H and O–H groups in total. The SMILES string of the molecule is COc1cc(/C=C/C(=O)O[C@H]2CC[C@]3(C)[C@H]4CC=C5[C@@H]6C[C@@](C)(C(=O)OCc7ccc(C(F)(F)F)cc7)CC[C@]6(C)CC[C@@]5(C)[C@]4(C)CC[C@H]3C2(C)C)cc(OC)c1OC. The van der Waals surface area contributed by atoms with Crippen LogP contribution in [0.1, 0.15) is 129 Å². The molecule has 0 amide bonds. The van der Waals surface area contributed by atoms with Crippen LogP contribution in [0.2, 0.25) is 0 Å². The van der Waals surface area contributed by atoms with Crippen LogP contribution in [0.5, 0.6) is 17.2 Å². The Hall–Kier alpha value is -3.95. The largest absolute Gasteiger partial charge is 0.493 e. The number of ether oxygens (including phenoxy) is 5. The number of allylic oxidation sites excluding steroid dienone is 2. The van der Waals surface area contributed by atoms with Crippen LogP contribution in [-0.2, 0) is 31.8 Å². The Kier molecular flexibility index (Phi) is 11.4. The minimum Gasteiger partial charge on any atom is -0.493 e. The van der Waals surface area contributed by atoms with E-state index in [4.69, 9.17) is 23.7 Å². The fraction of sp³-hybridized carbons (Fsp3) is 0.640. The van der Waals surface area contributed by atoms with Gasteiger partial charge in [0.25, 0.3) is 0 Å². The van der Waals surface area contributed by atoms with E-state index in [1.165, 1.54) is 23.8 Å². The number of fused-ring (bicyclic) bond motifs is 7. The van der Waals surface area contributed by atoms with E-state index in [1.54, 1.807) is 39.5 Å². The van der Waals surface area contributed by atoms with Crippen LogP contribution in [0.3, 0.4) is 0 Å². The number of carbonyl (C=O) groups excluding carboxylic acids is 2. The third-order valence-corrected chi connectivity index (χ3v) is 17.3. The molecule has 328 valence electrons. The highest BCUT2D eigenvalue weighted by molar-refractivity contribution is 5.87. The molecule has 60 heavy (non-hydrogen) atoms. The second kappa shape index (κ2) is 15.4. The van der Waals surface area contributed by atoms with E-state index < -0.39 is 17.2 Å². The number of halogens is 3. The summed E-state index contributed by atoms with van der Waals surface area (Å²) >= 11 is 0. The maximum Gasteiger partial charge on any atom is 0.416 e. The molecule has 2 aromatic carbocycles. The third kappa shape index (κ3) is 7.23. The molecule has 0 aromatic heterocycles. The number of alkyl halides is 3. The highest BCUT2D eigenvalue weighted by Gasteiger charge is 2.68. The lowest BCUT2D eigenvalue weighted by Gasteiger charge is -2.71. The number of rotatable bonds is 9. The molecule has 0 bridgehead atoms. The van der Waals surface area contributed by atoms with Gasteiger partial charge in [-0.1, -0.05) is 65.3 Å². The zero-order valence-electron chi connectivity index (χ0n) is 37.3. The van der Waals surface area contributed by atoms with Crippen LogP contribution < -0.4 is 14.2 Å². The van der Waals surface area contributed by atoms with Crippen molar-refractivity contribution in [3.63, 3.8) is 0 Å². The van der Waals surface area contributed by atoms with Crippen molar-refractivity contribution in [1.29, 1.82) is 0 Å². The summed E-state index contributed by atoms with van der Waals surface area (Å²) in [5.74, 6) is 1.97. The van der Waals surface area contributed by atoms with Crippen LogP contribution in [0, 0.1) is 50.2 Å². The summed E-state index contributed by atoms with van der Waals surface area (Å²) in [6.45, 7) is 16.6. The second-order valence-corrected chi connectivity index (χ2v) is 20.6. The summed E-state index contributed by atoms with van der Waals surface area (Å²) in [6.07, 6.45) is 10.7. The first-order chi connectivity index (χ1) is 28.1. The molecule has 4 fully saturated rings. The second-order valence-electron chi connectivity index (χ2n) is 20.6. The van der Waals surface area contributed by atoms with Gasteiger partial charge in [0.1, 0.15) is 12.7 Å². The Morgan fingerprint density at radius 2 is 1.45 bits per heavy atom. The molecular weight excluding hydrogens is 770 g/mol. The zero-order valence-corrected chi connectivity index (χ0v) is 37.3. The molecule has 0 spiro atoms. The smallest absolute Gasteiger partial charge is 0.416 e. The van der Waals surface area contributed by atoms with E-state index in [9.17, 15) is 22.8 Å². The quantitative estimate of drug-likeness (QED) is 0.141. The van der Waals surface area contributed by atoms with Gasteiger partial charge in [0.05, 0.1) is 32.3 Å². The van der Waals surface area contributed by atoms with Crippen LogP contribution in [0.25, 0.3) is 6.08 Å². The highest BCUT2D eigenvalue weighted by atomic mass is 19.4. The summed E-state index contributed by atoms with van der Waals surface area (Å²) in [6, 6.07) is 8.46. The topological polar surface area (TPSA) is 80.3 Å². The van der Waals surface area contributed by atoms with E-state index in [-0.39, 0.29) is 57.6 Å². The summed E-state index contributed by atoms with van der Waals surface area (Å²) in [5.41, 5.74) is 1.36. The van der Waals surface area contributed by atoms with Gasteiger partial charge in [-0.25, -0.2) is 4.79 Å². The lowest BCUT2D eigenvalue weighted by Crippen LogP contribution is -2.64. The zero-order chi connectivity index (χ0) is 43.7. The Morgan fingerprint density at radius 1 is 0.800 bits per heavy atom. The first kappa shape index (κ1) is 44.1. The van der Waals surface area contributed by atoms with Crippen molar-refractivity contribution in [3.05, 3.63) is 70.8 Å². The van der Waals surface area contributed by atoms with Crippen molar-refractivity contribution < 1.29 is 46.4 Å². The fourth-order valence-electron chi connectivity index (χ4n) is 13.4. The Bertz CT molecular complexity index is 2010.